The molecule has 1 rings (SSSR count). The molecular formula is C5H9FN4S. The fourth-order valence-corrected chi connectivity index (χ4v) is 0.899. The zero-order chi connectivity index (χ0) is 8.10. The Hall–Kier alpha value is -0.780. The molecule has 4 nitrogen and oxygen atoms in total. The number of aryl methyl sites for hydroxylation is 1. The number of unbranched alkanes of at least 4 members (excludes halogenated alkanes) is 1. The summed E-state index contributed by atoms with van der Waals surface area (Å²) in [5, 5.41) is 9.66. The highest BCUT2D eigenvalue weighted by atomic mass is 32.1. The third kappa shape index (κ3) is 2.38. The fourth-order valence-electron chi connectivity index (χ4n) is 0.726. The van der Waals surface area contributed by atoms with Crippen LogP contribution in [-0.2, 0) is 6.54 Å². The molecule has 0 fully saturated rings. The lowest BCUT2D eigenvalue weighted by atomic mass is 10.3. The van der Waals surface area contributed by atoms with Crippen LogP contribution in [0.25, 0.3) is 0 Å². The molecule has 62 valence electrons. The minimum absolute atomic E-state index is 0.283. The molecule has 0 bridgehead atoms. The number of tetrazole rings is 1. The molecule has 11 heavy (non-hydrogen) atoms. The van der Waals surface area contributed by atoms with Gasteiger partial charge in [0.1, 0.15) is 0 Å². The van der Waals surface area contributed by atoms with Gasteiger partial charge in [0.05, 0.1) is 6.67 Å². The Balaban J connectivity index is 2.39. The molecule has 0 radical (unpaired) electrons. The van der Waals surface area contributed by atoms with Gasteiger partial charge in [-0.1, -0.05) is 10.3 Å². The van der Waals surface area contributed by atoms with Gasteiger partial charge in [0, 0.05) is 6.54 Å². The molecule has 0 aliphatic rings. The SMILES string of the molecule is FCCCCn1[nH]nnc1=S. The average molecular weight is 176 g/mol. The van der Waals surface area contributed by atoms with Crippen molar-refractivity contribution in [2.45, 2.75) is 19.4 Å². The van der Waals surface area contributed by atoms with Crippen LogP contribution in [0.15, 0.2) is 0 Å². The molecule has 0 atom stereocenters. The van der Waals surface area contributed by atoms with Crippen LogP contribution >= 0.6 is 12.2 Å². The normalized spacial score (nSPS) is 10.3. The van der Waals surface area contributed by atoms with Gasteiger partial charge >= 0.3 is 0 Å². The maximum absolute atomic E-state index is 11.6. The van der Waals surface area contributed by atoms with Crippen LogP contribution in [0, 0.1) is 4.77 Å². The topological polar surface area (TPSA) is 46.5 Å². The molecule has 0 unspecified atom stereocenters. The number of nitrogens with one attached hydrogen (secondary N) is 1. The van der Waals surface area contributed by atoms with Crippen LogP contribution in [-0.4, -0.2) is 26.9 Å². The van der Waals surface area contributed by atoms with Gasteiger partial charge < -0.3 is 0 Å². The quantitative estimate of drug-likeness (QED) is 0.551. The van der Waals surface area contributed by atoms with Gasteiger partial charge in [0.25, 0.3) is 0 Å². The van der Waals surface area contributed by atoms with Gasteiger partial charge in [-0.05, 0) is 25.1 Å². The van der Waals surface area contributed by atoms with Crippen LogP contribution in [0.4, 0.5) is 4.39 Å². The summed E-state index contributed by atoms with van der Waals surface area (Å²) in [5.74, 6) is 0. The molecule has 0 aromatic carbocycles. The summed E-state index contributed by atoms with van der Waals surface area (Å²) in [6.45, 7) is 0.380. The summed E-state index contributed by atoms with van der Waals surface area (Å²) < 4.78 is 13.7. The van der Waals surface area contributed by atoms with Gasteiger partial charge in [-0.3, -0.25) is 4.39 Å². The number of hydrogen-bond acceptors (Lipinski definition) is 3. The number of alkyl halides is 1. The Kier molecular flexibility index (Phi) is 3.15. The molecule has 0 spiro atoms. The van der Waals surface area contributed by atoms with Crippen LogP contribution in [0.3, 0.4) is 0 Å². The Labute approximate surface area is 68.4 Å². The number of H-pyrrole nitrogens is 1. The Bertz CT molecular complexity index is 255. The molecule has 1 aromatic rings. The fraction of sp³-hybridized carbons (Fsp3) is 0.800. The molecular weight excluding hydrogens is 167 g/mol. The predicted octanol–water partition coefficient (Wildman–Crippen LogP) is 1.09. The van der Waals surface area contributed by atoms with E-state index in [1.165, 1.54) is 0 Å². The van der Waals surface area contributed by atoms with Crippen LogP contribution in [0.1, 0.15) is 12.8 Å². The van der Waals surface area contributed by atoms with Gasteiger partial charge in [-0.15, -0.1) is 0 Å². The van der Waals surface area contributed by atoms with Gasteiger partial charge in [-0.25, -0.2) is 4.68 Å². The lowest BCUT2D eigenvalue weighted by Gasteiger charge is -1.96. The first-order valence-electron chi connectivity index (χ1n) is 3.38. The van der Waals surface area contributed by atoms with Crippen molar-refractivity contribution >= 4 is 12.2 Å². The van der Waals surface area contributed by atoms with Crippen molar-refractivity contribution in [3.63, 3.8) is 0 Å². The third-order valence-electron chi connectivity index (χ3n) is 1.30. The molecule has 0 amide bonds. The summed E-state index contributed by atoms with van der Waals surface area (Å²) in [6.07, 6.45) is 1.31. The lowest BCUT2D eigenvalue weighted by Crippen LogP contribution is -2.00. The van der Waals surface area contributed by atoms with E-state index in [2.05, 4.69) is 15.5 Å². The number of hydrogen-bond donors (Lipinski definition) is 1. The van der Waals surface area contributed by atoms with Crippen molar-refractivity contribution < 1.29 is 4.39 Å². The summed E-state index contributed by atoms with van der Waals surface area (Å²) in [5.41, 5.74) is 0. The van der Waals surface area contributed by atoms with E-state index in [4.69, 9.17) is 12.2 Å². The van der Waals surface area contributed by atoms with E-state index in [9.17, 15) is 4.39 Å². The zero-order valence-corrected chi connectivity index (χ0v) is 6.77. The second-order valence-electron chi connectivity index (χ2n) is 2.13. The monoisotopic (exact) mass is 176 g/mol. The van der Waals surface area contributed by atoms with Crippen molar-refractivity contribution in [2.75, 3.05) is 6.67 Å². The molecule has 0 saturated carbocycles. The van der Waals surface area contributed by atoms with E-state index in [-0.39, 0.29) is 6.67 Å². The first-order valence-corrected chi connectivity index (χ1v) is 3.79. The van der Waals surface area contributed by atoms with Crippen molar-refractivity contribution in [1.29, 1.82) is 0 Å². The molecule has 0 saturated heterocycles. The summed E-state index contributed by atoms with van der Waals surface area (Å²) >= 11 is 4.80. The summed E-state index contributed by atoms with van der Waals surface area (Å²) in [6, 6.07) is 0. The number of halogens is 1. The Morgan fingerprint density at radius 1 is 1.55 bits per heavy atom. The summed E-state index contributed by atoms with van der Waals surface area (Å²) in [7, 11) is 0. The second kappa shape index (κ2) is 4.17. The number of rotatable bonds is 4. The van der Waals surface area contributed by atoms with Crippen LogP contribution in [0.5, 0.6) is 0 Å². The number of nitrogens with zero attached hydrogens (tertiary/aromatic N) is 3. The minimum atomic E-state index is -0.283. The second-order valence-corrected chi connectivity index (χ2v) is 2.50. The van der Waals surface area contributed by atoms with E-state index in [1.807, 2.05) is 0 Å². The number of aromatic nitrogens is 4. The van der Waals surface area contributed by atoms with E-state index in [0.29, 0.717) is 17.7 Å². The van der Waals surface area contributed by atoms with Crippen molar-refractivity contribution in [1.82, 2.24) is 20.2 Å². The van der Waals surface area contributed by atoms with Crippen LogP contribution < -0.4 is 0 Å². The maximum atomic E-state index is 11.6. The first-order chi connectivity index (χ1) is 5.34. The van der Waals surface area contributed by atoms with Gasteiger partial charge in [0.15, 0.2) is 0 Å². The smallest absolute Gasteiger partial charge is 0.238 e. The van der Waals surface area contributed by atoms with Crippen molar-refractivity contribution in [3.8, 4) is 0 Å². The van der Waals surface area contributed by atoms with Crippen molar-refractivity contribution in [2.24, 2.45) is 0 Å². The van der Waals surface area contributed by atoms with Gasteiger partial charge in [0.2, 0.25) is 4.77 Å². The summed E-state index contributed by atoms with van der Waals surface area (Å²) in [4.78, 5) is 0. The molecule has 0 aliphatic carbocycles. The highest BCUT2D eigenvalue weighted by molar-refractivity contribution is 7.71. The molecule has 1 heterocycles. The Morgan fingerprint density at radius 2 is 2.36 bits per heavy atom. The molecule has 6 heteroatoms. The van der Waals surface area contributed by atoms with E-state index in [1.54, 1.807) is 4.68 Å². The highest BCUT2D eigenvalue weighted by Crippen LogP contribution is 1.93. The first kappa shape index (κ1) is 8.32. The standard InChI is InChI=1S/C5H9FN4S/c6-3-1-2-4-10-5(11)7-8-9-10/h1-4H2,(H,7,9,11). The van der Waals surface area contributed by atoms with Crippen LogP contribution in [0.2, 0.25) is 0 Å². The molecule has 0 aliphatic heterocycles. The van der Waals surface area contributed by atoms with Crippen molar-refractivity contribution in [3.05, 3.63) is 4.77 Å². The maximum Gasteiger partial charge on any atom is 0.238 e. The number of aromatic amines is 1. The van der Waals surface area contributed by atoms with E-state index >= 15 is 0 Å². The van der Waals surface area contributed by atoms with Gasteiger partial charge in [-0.2, -0.15) is 5.21 Å². The predicted molar refractivity (Wildman–Crippen MR) is 40.4 cm³/mol. The Morgan fingerprint density at radius 3 is 2.91 bits per heavy atom. The molecule has 1 N–H and O–H groups in total. The average Bonchev–Trinajstić information content (AvgIpc) is 2.37. The third-order valence-corrected chi connectivity index (χ3v) is 1.60. The van der Waals surface area contributed by atoms with E-state index < -0.39 is 0 Å². The molecule has 1 aromatic heterocycles. The van der Waals surface area contributed by atoms with E-state index in [0.717, 1.165) is 6.42 Å². The lowest BCUT2D eigenvalue weighted by molar-refractivity contribution is 0.436. The highest BCUT2D eigenvalue weighted by Gasteiger charge is 1.93. The zero-order valence-electron chi connectivity index (χ0n) is 5.96. The largest absolute Gasteiger partial charge is 0.251 e. The minimum Gasteiger partial charge on any atom is -0.251 e.